The fourth-order valence-electron chi connectivity index (χ4n) is 4.20. The minimum Gasteiger partial charge on any atom is -0.481 e. The Morgan fingerprint density at radius 1 is 1.46 bits per heavy atom. The molecule has 1 aromatic carbocycles. The molecule has 0 spiro atoms. The summed E-state index contributed by atoms with van der Waals surface area (Å²) < 4.78 is 13.6. The first-order valence-corrected chi connectivity index (χ1v) is 8.94. The number of aliphatic carboxylic acids is 1. The maximum absolute atomic E-state index is 13.6. The van der Waals surface area contributed by atoms with Gasteiger partial charge in [0.2, 0.25) is 0 Å². The van der Waals surface area contributed by atoms with Crippen molar-refractivity contribution in [2.24, 2.45) is 21.7 Å². The number of carboxylic acid groups (broad SMARTS) is 1. The fraction of sp³-hybridized carbons (Fsp3) is 0.550. The van der Waals surface area contributed by atoms with Crippen LogP contribution in [-0.4, -0.2) is 22.8 Å². The van der Waals surface area contributed by atoms with Gasteiger partial charge >= 0.3 is 5.97 Å². The second kappa shape index (κ2) is 7.00. The Morgan fingerprint density at radius 2 is 2.08 bits per heavy atom. The quantitative estimate of drug-likeness (QED) is 0.797. The van der Waals surface area contributed by atoms with Crippen molar-refractivity contribution in [1.29, 1.82) is 5.26 Å². The summed E-state index contributed by atoms with van der Waals surface area (Å²) in [5.74, 6) is -2.97. The molecule has 0 saturated heterocycles. The van der Waals surface area contributed by atoms with Gasteiger partial charge in [0.05, 0.1) is 23.4 Å². The maximum atomic E-state index is 13.6. The zero-order valence-electron chi connectivity index (χ0n) is 15.7. The number of halogens is 2. The molecule has 4 unspecified atom stereocenters. The second-order valence-corrected chi connectivity index (χ2v) is 8.69. The Kier molecular flexibility index (Phi) is 5.49. The van der Waals surface area contributed by atoms with E-state index in [1.807, 2.05) is 20.8 Å². The Hall–Kier alpha value is -1.93. The zero-order valence-corrected chi connectivity index (χ0v) is 16.4. The van der Waals surface area contributed by atoms with Crippen LogP contribution >= 0.6 is 11.6 Å². The van der Waals surface area contributed by atoms with Crippen molar-refractivity contribution in [3.8, 4) is 6.07 Å². The molecule has 0 aliphatic carbocycles. The summed E-state index contributed by atoms with van der Waals surface area (Å²) in [4.78, 5) is 17.1. The molecule has 1 aliphatic heterocycles. The van der Waals surface area contributed by atoms with Gasteiger partial charge in [-0.25, -0.2) is 4.39 Å². The van der Waals surface area contributed by atoms with Crippen LogP contribution in [0.5, 0.6) is 0 Å². The van der Waals surface area contributed by atoms with Gasteiger partial charge in [0.25, 0.3) is 0 Å². The molecule has 0 radical (unpaired) electrons. The fourth-order valence-corrected chi connectivity index (χ4v) is 4.49. The van der Waals surface area contributed by atoms with Crippen molar-refractivity contribution in [3.05, 3.63) is 34.6 Å². The SMILES string of the molecule is CC1=NC(C)C(CC(C)(C)C)(C(=O)O)C(c2ccc(F)cc2Cl)C1C#N. The summed E-state index contributed by atoms with van der Waals surface area (Å²) in [5.41, 5.74) is -0.582. The Bertz CT molecular complexity index is 794. The molecule has 6 heteroatoms. The number of carbonyl (C=O) groups is 1. The van der Waals surface area contributed by atoms with E-state index in [0.29, 0.717) is 17.7 Å². The first kappa shape index (κ1) is 20.4. The summed E-state index contributed by atoms with van der Waals surface area (Å²) in [6.45, 7) is 9.37. The van der Waals surface area contributed by atoms with Crippen LogP contribution in [0, 0.1) is 33.9 Å². The van der Waals surface area contributed by atoms with E-state index in [-0.39, 0.29) is 10.4 Å². The van der Waals surface area contributed by atoms with Crippen molar-refractivity contribution in [2.75, 3.05) is 0 Å². The maximum Gasteiger partial charge on any atom is 0.312 e. The molecule has 26 heavy (non-hydrogen) atoms. The van der Waals surface area contributed by atoms with Crippen molar-refractivity contribution in [2.45, 2.75) is 53.0 Å². The number of hydrogen-bond acceptors (Lipinski definition) is 3. The summed E-state index contributed by atoms with van der Waals surface area (Å²) in [7, 11) is 0. The lowest BCUT2D eigenvalue weighted by atomic mass is 9.56. The molecule has 2 rings (SSSR count). The lowest BCUT2D eigenvalue weighted by Crippen LogP contribution is -2.53. The summed E-state index contributed by atoms with van der Waals surface area (Å²) >= 11 is 6.30. The third-order valence-corrected chi connectivity index (χ3v) is 5.47. The molecule has 1 N–H and O–H groups in total. The predicted octanol–water partition coefficient (Wildman–Crippen LogP) is 5.07. The van der Waals surface area contributed by atoms with Crippen molar-refractivity contribution in [3.63, 3.8) is 0 Å². The summed E-state index contributed by atoms with van der Waals surface area (Å²) in [6.07, 6.45) is 0.309. The van der Waals surface area contributed by atoms with Crippen LogP contribution in [0.3, 0.4) is 0 Å². The standard InChI is InChI=1S/C20H24ClFN2O2/c1-11-15(9-23)17(14-7-6-13(22)8-16(14)21)20(18(25)26,12(2)24-11)10-19(3,4)5/h6-8,12,15,17H,10H2,1-5H3,(H,25,26). The molecule has 4 nitrogen and oxygen atoms in total. The largest absolute Gasteiger partial charge is 0.481 e. The first-order valence-electron chi connectivity index (χ1n) is 8.56. The topological polar surface area (TPSA) is 73.4 Å². The third-order valence-electron chi connectivity index (χ3n) is 5.14. The van der Waals surface area contributed by atoms with Crippen LogP contribution in [0.2, 0.25) is 5.02 Å². The number of hydrogen-bond donors (Lipinski definition) is 1. The van der Waals surface area contributed by atoms with E-state index in [1.54, 1.807) is 13.8 Å². The van der Waals surface area contributed by atoms with Gasteiger partial charge in [-0.15, -0.1) is 0 Å². The Morgan fingerprint density at radius 3 is 2.54 bits per heavy atom. The van der Waals surface area contributed by atoms with Crippen LogP contribution in [0.4, 0.5) is 4.39 Å². The molecular weight excluding hydrogens is 355 g/mol. The molecular formula is C20H24ClFN2O2. The van der Waals surface area contributed by atoms with Crippen molar-refractivity contribution >= 4 is 23.3 Å². The molecule has 0 fully saturated rings. The van der Waals surface area contributed by atoms with Crippen LogP contribution in [0.25, 0.3) is 0 Å². The number of aliphatic imine (C=N–C) groups is 1. The normalized spacial score (nSPS) is 29.0. The molecule has 0 aromatic heterocycles. The van der Waals surface area contributed by atoms with Crippen molar-refractivity contribution in [1.82, 2.24) is 0 Å². The first-order chi connectivity index (χ1) is 11.9. The third kappa shape index (κ3) is 3.48. The second-order valence-electron chi connectivity index (χ2n) is 8.28. The van der Waals surface area contributed by atoms with Gasteiger partial charge in [-0.3, -0.25) is 9.79 Å². The van der Waals surface area contributed by atoms with Gasteiger partial charge in [-0.2, -0.15) is 5.26 Å². The lowest BCUT2D eigenvalue weighted by molar-refractivity contribution is -0.155. The number of carboxylic acids is 1. The van der Waals surface area contributed by atoms with Crippen LogP contribution in [-0.2, 0) is 4.79 Å². The van der Waals surface area contributed by atoms with Crippen molar-refractivity contribution < 1.29 is 14.3 Å². The van der Waals surface area contributed by atoms with E-state index < -0.39 is 35.1 Å². The average molecular weight is 379 g/mol. The van der Waals surface area contributed by atoms with E-state index >= 15 is 0 Å². The number of rotatable bonds is 3. The van der Waals surface area contributed by atoms with E-state index in [9.17, 15) is 19.6 Å². The zero-order chi connectivity index (χ0) is 19.9. The van der Waals surface area contributed by atoms with E-state index in [4.69, 9.17) is 11.6 Å². The van der Waals surface area contributed by atoms with Gasteiger partial charge in [0, 0.05) is 16.7 Å². The Balaban J connectivity index is 2.83. The molecule has 1 aromatic rings. The molecule has 1 aliphatic rings. The molecule has 4 atom stereocenters. The average Bonchev–Trinajstić information content (AvgIpc) is 2.48. The van der Waals surface area contributed by atoms with Crippen LogP contribution in [0.15, 0.2) is 23.2 Å². The minimum absolute atomic E-state index is 0.136. The smallest absolute Gasteiger partial charge is 0.312 e. The Labute approximate surface area is 158 Å². The molecule has 0 saturated carbocycles. The van der Waals surface area contributed by atoms with E-state index in [1.165, 1.54) is 18.2 Å². The number of nitrogens with zero attached hydrogens (tertiary/aromatic N) is 2. The predicted molar refractivity (Wildman–Crippen MR) is 100.0 cm³/mol. The van der Waals surface area contributed by atoms with Gasteiger partial charge < -0.3 is 5.11 Å². The summed E-state index contributed by atoms with van der Waals surface area (Å²) in [5, 5.41) is 20.2. The van der Waals surface area contributed by atoms with Gasteiger partial charge in [0.1, 0.15) is 5.82 Å². The highest BCUT2D eigenvalue weighted by molar-refractivity contribution is 6.31. The number of benzene rings is 1. The monoisotopic (exact) mass is 378 g/mol. The number of nitriles is 1. The minimum atomic E-state index is -1.32. The molecule has 0 bridgehead atoms. The molecule has 0 amide bonds. The highest BCUT2D eigenvalue weighted by atomic mass is 35.5. The lowest BCUT2D eigenvalue weighted by Gasteiger charge is -2.48. The van der Waals surface area contributed by atoms with Crippen LogP contribution < -0.4 is 0 Å². The molecule has 1 heterocycles. The summed E-state index contributed by atoms with van der Waals surface area (Å²) in [6, 6.07) is 5.59. The van der Waals surface area contributed by atoms with E-state index in [0.717, 1.165) is 0 Å². The van der Waals surface area contributed by atoms with E-state index in [2.05, 4.69) is 11.1 Å². The highest BCUT2D eigenvalue weighted by Crippen LogP contribution is 2.55. The van der Waals surface area contributed by atoms with Gasteiger partial charge in [0.15, 0.2) is 0 Å². The van der Waals surface area contributed by atoms with Gasteiger partial charge in [-0.05, 0) is 43.4 Å². The van der Waals surface area contributed by atoms with Gasteiger partial charge in [-0.1, -0.05) is 38.4 Å². The molecule has 140 valence electrons. The van der Waals surface area contributed by atoms with Crippen LogP contribution in [0.1, 0.15) is 52.5 Å². The highest BCUT2D eigenvalue weighted by Gasteiger charge is 2.58.